The van der Waals surface area contributed by atoms with E-state index in [9.17, 15) is 9.59 Å². The van der Waals surface area contributed by atoms with Crippen molar-refractivity contribution >= 4 is 46.8 Å². The average Bonchev–Trinajstić information content (AvgIpc) is 2.58. The number of amides is 2. The van der Waals surface area contributed by atoms with Crippen molar-refractivity contribution in [1.82, 2.24) is 10.2 Å². The Hall–Kier alpha value is -0.910. The minimum atomic E-state index is -0.528. The Morgan fingerprint density at radius 3 is 2.60 bits per heavy atom. The Bertz CT molecular complexity index is 619. The number of nitrogens with zero attached hydrogens (tertiary/aromatic N) is 1. The van der Waals surface area contributed by atoms with Gasteiger partial charge in [0, 0.05) is 18.1 Å². The molecule has 1 fully saturated rings. The lowest BCUT2D eigenvalue weighted by Gasteiger charge is -2.33. The first-order valence-electron chi connectivity index (χ1n) is 8.46. The summed E-state index contributed by atoms with van der Waals surface area (Å²) < 4.78 is 0. The molecule has 138 valence electrons. The van der Waals surface area contributed by atoms with Gasteiger partial charge >= 0.3 is 0 Å². The first-order valence-corrected chi connectivity index (χ1v) is 10.6. The summed E-state index contributed by atoms with van der Waals surface area (Å²) in [6, 6.07) is 4.20. The van der Waals surface area contributed by atoms with Crippen LogP contribution in [0.2, 0.25) is 10.0 Å². The van der Waals surface area contributed by atoms with Crippen LogP contribution in [0.4, 0.5) is 0 Å². The minimum absolute atomic E-state index is 0.000569. The molecule has 0 radical (unpaired) electrons. The van der Waals surface area contributed by atoms with E-state index in [2.05, 4.69) is 12.2 Å². The normalized spacial score (nSPS) is 16.6. The number of halogens is 2. The Labute approximate surface area is 163 Å². The van der Waals surface area contributed by atoms with Crippen molar-refractivity contribution in [2.75, 3.05) is 25.1 Å². The van der Waals surface area contributed by atoms with Crippen molar-refractivity contribution in [3.63, 3.8) is 0 Å². The molecule has 2 amide bonds. The maximum Gasteiger partial charge on any atom is 0.253 e. The number of hydrogen-bond donors (Lipinski definition) is 1. The molecule has 1 atom stereocenters. The second kappa shape index (κ2) is 9.70. The molecule has 1 aromatic carbocycles. The monoisotopic (exact) mass is 402 g/mol. The van der Waals surface area contributed by atoms with Gasteiger partial charge in [0.05, 0.1) is 10.6 Å². The third kappa shape index (κ3) is 5.80. The van der Waals surface area contributed by atoms with E-state index in [0.717, 1.165) is 31.7 Å². The number of piperidine rings is 1. The summed E-state index contributed by atoms with van der Waals surface area (Å²) in [5.74, 6) is 1.11. The van der Waals surface area contributed by atoms with Crippen LogP contribution in [0.15, 0.2) is 18.2 Å². The molecule has 1 unspecified atom stereocenters. The zero-order chi connectivity index (χ0) is 18.4. The van der Waals surface area contributed by atoms with E-state index in [4.69, 9.17) is 23.2 Å². The minimum Gasteiger partial charge on any atom is -0.341 e. The molecule has 25 heavy (non-hydrogen) atoms. The summed E-state index contributed by atoms with van der Waals surface area (Å²) in [6.07, 6.45) is 4.61. The largest absolute Gasteiger partial charge is 0.341 e. The topological polar surface area (TPSA) is 49.4 Å². The molecule has 1 aliphatic rings. The highest BCUT2D eigenvalue weighted by Gasteiger charge is 2.28. The Morgan fingerprint density at radius 2 is 2.00 bits per heavy atom. The van der Waals surface area contributed by atoms with Gasteiger partial charge in [0.2, 0.25) is 5.91 Å². The molecule has 1 saturated heterocycles. The molecule has 0 aromatic heterocycles. The Morgan fingerprint density at radius 1 is 1.32 bits per heavy atom. The van der Waals surface area contributed by atoms with Gasteiger partial charge in [-0.1, -0.05) is 30.1 Å². The second-order valence-electron chi connectivity index (χ2n) is 6.44. The molecule has 1 aromatic rings. The maximum atomic E-state index is 12.9. The fraction of sp³-hybridized carbons (Fsp3) is 0.556. The molecule has 7 heteroatoms. The quantitative estimate of drug-likeness (QED) is 0.778. The van der Waals surface area contributed by atoms with Crippen molar-refractivity contribution in [3.05, 3.63) is 33.8 Å². The number of carbonyl (C=O) groups excluding carboxylic acids is 2. The smallest absolute Gasteiger partial charge is 0.253 e. The van der Waals surface area contributed by atoms with Gasteiger partial charge in [-0.15, -0.1) is 0 Å². The summed E-state index contributed by atoms with van der Waals surface area (Å²) in [6.45, 7) is 3.72. The lowest BCUT2D eigenvalue weighted by atomic mass is 9.98. The van der Waals surface area contributed by atoms with E-state index in [1.807, 2.05) is 11.2 Å². The molecule has 0 aliphatic carbocycles. The van der Waals surface area contributed by atoms with Gasteiger partial charge in [-0.3, -0.25) is 9.59 Å². The van der Waals surface area contributed by atoms with Gasteiger partial charge in [0.1, 0.15) is 6.04 Å². The van der Waals surface area contributed by atoms with Crippen LogP contribution in [0.25, 0.3) is 0 Å². The number of hydrogen-bond acceptors (Lipinski definition) is 3. The van der Waals surface area contributed by atoms with E-state index in [1.54, 1.807) is 23.9 Å². The van der Waals surface area contributed by atoms with E-state index in [0.29, 0.717) is 22.9 Å². The number of likely N-dealkylation sites (tertiary alicyclic amines) is 1. The fourth-order valence-electron chi connectivity index (χ4n) is 2.85. The lowest BCUT2D eigenvalue weighted by molar-refractivity contribution is -0.134. The van der Waals surface area contributed by atoms with Crippen LogP contribution in [0.5, 0.6) is 0 Å². The molecule has 0 saturated carbocycles. The summed E-state index contributed by atoms with van der Waals surface area (Å²) in [7, 11) is 0. The first-order chi connectivity index (χ1) is 11.9. The highest BCUT2D eigenvalue weighted by atomic mass is 35.5. The van der Waals surface area contributed by atoms with Gasteiger partial charge in [0.25, 0.3) is 5.91 Å². The fourth-order valence-corrected chi connectivity index (χ4v) is 3.82. The van der Waals surface area contributed by atoms with Gasteiger partial charge in [-0.25, -0.2) is 0 Å². The highest BCUT2D eigenvalue weighted by Crippen LogP contribution is 2.22. The Kier molecular flexibility index (Phi) is 7.91. The third-order valence-corrected chi connectivity index (χ3v) is 5.68. The molecule has 1 N–H and O–H groups in total. The SMILES string of the molecule is CSCCC(NC(=O)c1ccc(Cl)cc1Cl)C(=O)N1CCC(C)CC1. The summed E-state index contributed by atoms with van der Waals surface area (Å²) in [5.41, 5.74) is 0.334. The lowest BCUT2D eigenvalue weighted by Crippen LogP contribution is -2.50. The van der Waals surface area contributed by atoms with Crippen LogP contribution in [0, 0.1) is 5.92 Å². The maximum absolute atomic E-state index is 12.9. The van der Waals surface area contributed by atoms with Crippen molar-refractivity contribution in [3.8, 4) is 0 Å². The molecule has 0 bridgehead atoms. The van der Waals surface area contributed by atoms with E-state index in [-0.39, 0.29) is 16.8 Å². The Balaban J connectivity index is 2.08. The van der Waals surface area contributed by atoms with Gasteiger partial charge in [-0.05, 0) is 55.4 Å². The van der Waals surface area contributed by atoms with Crippen molar-refractivity contribution in [1.29, 1.82) is 0 Å². The van der Waals surface area contributed by atoms with Crippen molar-refractivity contribution in [2.24, 2.45) is 5.92 Å². The van der Waals surface area contributed by atoms with E-state index >= 15 is 0 Å². The molecular formula is C18H24Cl2N2O2S. The van der Waals surface area contributed by atoms with Crippen LogP contribution in [0.3, 0.4) is 0 Å². The summed E-state index contributed by atoms with van der Waals surface area (Å²) >= 11 is 13.6. The number of thioether (sulfide) groups is 1. The van der Waals surface area contributed by atoms with Crippen molar-refractivity contribution < 1.29 is 9.59 Å². The van der Waals surface area contributed by atoms with Crippen LogP contribution in [-0.4, -0.2) is 47.9 Å². The number of nitrogens with one attached hydrogen (secondary N) is 1. The van der Waals surface area contributed by atoms with Gasteiger partial charge < -0.3 is 10.2 Å². The van der Waals surface area contributed by atoms with Gasteiger partial charge in [0.15, 0.2) is 0 Å². The van der Waals surface area contributed by atoms with Crippen LogP contribution in [-0.2, 0) is 4.79 Å². The molecule has 1 aliphatic heterocycles. The predicted molar refractivity (Wildman–Crippen MR) is 106 cm³/mol. The van der Waals surface area contributed by atoms with E-state index in [1.165, 1.54) is 6.07 Å². The first kappa shape index (κ1) is 20.4. The standard InChI is InChI=1S/C18H24Cl2N2O2S/c1-12-5-8-22(9-6-12)18(24)16(7-10-25-2)21-17(23)14-4-3-13(19)11-15(14)20/h3-4,11-12,16H,5-10H2,1-2H3,(H,21,23). The predicted octanol–water partition coefficient (Wildman–Crippen LogP) is 4.10. The van der Waals surface area contributed by atoms with Crippen LogP contribution in [0.1, 0.15) is 36.5 Å². The molecule has 4 nitrogen and oxygen atoms in total. The zero-order valence-corrected chi connectivity index (χ0v) is 16.9. The molecular weight excluding hydrogens is 379 g/mol. The number of benzene rings is 1. The highest BCUT2D eigenvalue weighted by molar-refractivity contribution is 7.98. The summed E-state index contributed by atoms with van der Waals surface area (Å²) in [4.78, 5) is 27.3. The zero-order valence-electron chi connectivity index (χ0n) is 14.6. The average molecular weight is 403 g/mol. The van der Waals surface area contributed by atoms with Crippen LogP contribution >= 0.6 is 35.0 Å². The molecule has 0 spiro atoms. The van der Waals surface area contributed by atoms with Gasteiger partial charge in [-0.2, -0.15) is 11.8 Å². The molecule has 1 heterocycles. The number of rotatable bonds is 6. The molecule has 2 rings (SSSR count). The second-order valence-corrected chi connectivity index (χ2v) is 8.27. The van der Waals surface area contributed by atoms with Crippen molar-refractivity contribution in [2.45, 2.75) is 32.2 Å². The third-order valence-electron chi connectivity index (χ3n) is 4.49. The summed E-state index contributed by atoms with van der Waals surface area (Å²) in [5, 5.41) is 3.62. The number of carbonyl (C=O) groups is 2. The van der Waals surface area contributed by atoms with E-state index < -0.39 is 6.04 Å². The van der Waals surface area contributed by atoms with Crippen LogP contribution < -0.4 is 5.32 Å².